The summed E-state index contributed by atoms with van der Waals surface area (Å²) in [5.74, 6) is 0. The highest BCUT2D eigenvalue weighted by Gasteiger charge is 2.15. The number of nitrogens with zero attached hydrogens (tertiary/aromatic N) is 4. The van der Waals surface area contributed by atoms with E-state index in [1.54, 1.807) is 12.1 Å². The zero-order valence-electron chi connectivity index (χ0n) is 11.7. The fourth-order valence-electron chi connectivity index (χ4n) is 2.04. The molecule has 0 radical (unpaired) electrons. The van der Waals surface area contributed by atoms with E-state index in [1.807, 2.05) is 19.2 Å². The Hall–Kier alpha value is -1.63. The first-order chi connectivity index (χ1) is 10.5. The SMILES string of the molecule is CSc1ncc2c(=O)n(-c3ccc(C)cc3Cl)c(Cl)nc2n1. The molecule has 0 aliphatic rings. The second-order valence-electron chi connectivity index (χ2n) is 4.57. The van der Waals surface area contributed by atoms with Crippen LogP contribution in [0.4, 0.5) is 0 Å². The number of thioether (sulfide) groups is 1. The van der Waals surface area contributed by atoms with Gasteiger partial charge in [-0.1, -0.05) is 29.4 Å². The number of hydrogen-bond donors (Lipinski definition) is 0. The van der Waals surface area contributed by atoms with Crippen LogP contribution in [0, 0.1) is 6.92 Å². The van der Waals surface area contributed by atoms with Gasteiger partial charge in [-0.15, -0.1) is 0 Å². The van der Waals surface area contributed by atoms with E-state index in [2.05, 4.69) is 15.0 Å². The zero-order chi connectivity index (χ0) is 15.9. The minimum absolute atomic E-state index is 0.00834. The van der Waals surface area contributed by atoms with Crippen molar-refractivity contribution in [2.24, 2.45) is 0 Å². The van der Waals surface area contributed by atoms with E-state index in [4.69, 9.17) is 23.2 Å². The molecule has 0 spiro atoms. The van der Waals surface area contributed by atoms with Gasteiger partial charge in [0.15, 0.2) is 10.8 Å². The largest absolute Gasteiger partial charge is 0.270 e. The standard InChI is InChI=1S/C14H10Cl2N4OS/c1-7-3-4-10(9(15)5-7)20-12(21)8-6-17-14(22-2)19-11(8)18-13(20)16/h3-6H,1-2H3. The highest BCUT2D eigenvalue weighted by atomic mass is 35.5. The van der Waals surface area contributed by atoms with Crippen molar-refractivity contribution in [3.63, 3.8) is 0 Å². The number of halogens is 2. The van der Waals surface area contributed by atoms with Crippen LogP contribution >= 0.6 is 35.0 Å². The van der Waals surface area contributed by atoms with Crippen LogP contribution in [-0.4, -0.2) is 25.8 Å². The van der Waals surface area contributed by atoms with Crippen LogP contribution in [0.25, 0.3) is 16.7 Å². The molecule has 112 valence electrons. The summed E-state index contributed by atoms with van der Waals surface area (Å²) in [6.45, 7) is 1.91. The van der Waals surface area contributed by atoms with Crippen molar-refractivity contribution in [3.05, 3.63) is 50.6 Å². The van der Waals surface area contributed by atoms with Crippen LogP contribution in [-0.2, 0) is 0 Å². The Morgan fingerprint density at radius 2 is 2.00 bits per heavy atom. The maximum atomic E-state index is 12.7. The lowest BCUT2D eigenvalue weighted by Gasteiger charge is -2.11. The lowest BCUT2D eigenvalue weighted by Crippen LogP contribution is -2.21. The van der Waals surface area contributed by atoms with Gasteiger partial charge in [0.2, 0.25) is 5.28 Å². The highest BCUT2D eigenvalue weighted by molar-refractivity contribution is 7.98. The smallest absolute Gasteiger partial charge is 0.268 e. The molecule has 0 aliphatic carbocycles. The molecule has 22 heavy (non-hydrogen) atoms. The average Bonchev–Trinajstić information content (AvgIpc) is 2.48. The third-order valence-electron chi connectivity index (χ3n) is 3.09. The molecule has 8 heteroatoms. The van der Waals surface area contributed by atoms with Crippen molar-refractivity contribution < 1.29 is 0 Å². The number of fused-ring (bicyclic) bond motifs is 1. The van der Waals surface area contributed by atoms with E-state index in [1.165, 1.54) is 22.5 Å². The summed E-state index contributed by atoms with van der Waals surface area (Å²) in [5, 5.41) is 1.25. The topological polar surface area (TPSA) is 60.7 Å². The van der Waals surface area contributed by atoms with Crippen LogP contribution in [0.15, 0.2) is 34.3 Å². The van der Waals surface area contributed by atoms with Gasteiger partial charge in [-0.25, -0.2) is 14.5 Å². The fraction of sp³-hybridized carbons (Fsp3) is 0.143. The second kappa shape index (κ2) is 5.87. The highest BCUT2D eigenvalue weighted by Crippen LogP contribution is 2.24. The average molecular weight is 353 g/mol. The van der Waals surface area contributed by atoms with Gasteiger partial charge in [0.25, 0.3) is 5.56 Å². The number of benzene rings is 1. The Labute approximate surface area is 140 Å². The van der Waals surface area contributed by atoms with Gasteiger partial charge in [0.05, 0.1) is 10.7 Å². The number of rotatable bonds is 2. The molecule has 0 saturated heterocycles. The van der Waals surface area contributed by atoms with Crippen molar-refractivity contribution in [1.82, 2.24) is 19.5 Å². The first-order valence-corrected chi connectivity index (χ1v) is 8.25. The molecule has 0 fully saturated rings. The normalized spacial score (nSPS) is 11.1. The van der Waals surface area contributed by atoms with E-state index in [0.29, 0.717) is 21.3 Å². The number of aryl methyl sites for hydroxylation is 1. The molecule has 2 heterocycles. The van der Waals surface area contributed by atoms with Gasteiger partial charge < -0.3 is 0 Å². The Morgan fingerprint density at radius 3 is 2.68 bits per heavy atom. The molecule has 0 atom stereocenters. The quantitative estimate of drug-likeness (QED) is 0.521. The predicted molar refractivity (Wildman–Crippen MR) is 89.5 cm³/mol. The third-order valence-corrected chi connectivity index (χ3v) is 4.21. The molecule has 0 bridgehead atoms. The van der Waals surface area contributed by atoms with Crippen LogP contribution in [0.1, 0.15) is 5.56 Å². The third kappa shape index (κ3) is 2.58. The fourth-order valence-corrected chi connectivity index (χ4v) is 2.94. The van der Waals surface area contributed by atoms with E-state index >= 15 is 0 Å². The summed E-state index contributed by atoms with van der Waals surface area (Å²) in [6, 6.07) is 5.34. The van der Waals surface area contributed by atoms with Gasteiger partial charge >= 0.3 is 0 Å². The van der Waals surface area contributed by atoms with Crippen LogP contribution < -0.4 is 5.56 Å². The Balaban J connectivity index is 2.33. The predicted octanol–water partition coefficient (Wildman–Crippen LogP) is 3.51. The van der Waals surface area contributed by atoms with E-state index in [-0.39, 0.29) is 16.5 Å². The van der Waals surface area contributed by atoms with Gasteiger partial charge in [0, 0.05) is 6.20 Å². The molecule has 0 aliphatic heterocycles. The number of aromatic nitrogens is 4. The second-order valence-corrected chi connectivity index (χ2v) is 6.09. The molecular weight excluding hydrogens is 343 g/mol. The van der Waals surface area contributed by atoms with E-state index in [0.717, 1.165) is 5.56 Å². The molecule has 5 nitrogen and oxygen atoms in total. The summed E-state index contributed by atoms with van der Waals surface area (Å²) in [4.78, 5) is 25.2. The van der Waals surface area contributed by atoms with Gasteiger partial charge in [-0.05, 0) is 42.5 Å². The number of hydrogen-bond acceptors (Lipinski definition) is 5. The first kappa shape index (κ1) is 15.3. The molecule has 1 aromatic carbocycles. The molecule has 0 unspecified atom stereocenters. The molecule has 0 N–H and O–H groups in total. The monoisotopic (exact) mass is 352 g/mol. The van der Waals surface area contributed by atoms with Crippen LogP contribution in [0.5, 0.6) is 0 Å². The van der Waals surface area contributed by atoms with Crippen molar-refractivity contribution >= 4 is 46.0 Å². The van der Waals surface area contributed by atoms with Gasteiger partial charge in [0.1, 0.15) is 5.39 Å². The summed E-state index contributed by atoms with van der Waals surface area (Å²) < 4.78 is 1.26. The van der Waals surface area contributed by atoms with E-state index < -0.39 is 0 Å². The molecule has 0 amide bonds. The van der Waals surface area contributed by atoms with Gasteiger partial charge in [-0.3, -0.25) is 4.79 Å². The summed E-state index contributed by atoms with van der Waals surface area (Å²) in [7, 11) is 0. The van der Waals surface area contributed by atoms with E-state index in [9.17, 15) is 4.79 Å². The maximum Gasteiger partial charge on any atom is 0.270 e. The van der Waals surface area contributed by atoms with Crippen LogP contribution in [0.3, 0.4) is 0 Å². The van der Waals surface area contributed by atoms with Crippen molar-refractivity contribution in [3.8, 4) is 5.69 Å². The van der Waals surface area contributed by atoms with Crippen molar-refractivity contribution in [2.75, 3.05) is 6.26 Å². The molecule has 3 aromatic rings. The van der Waals surface area contributed by atoms with Crippen molar-refractivity contribution in [1.29, 1.82) is 0 Å². The minimum Gasteiger partial charge on any atom is -0.268 e. The minimum atomic E-state index is -0.353. The molecule has 0 saturated carbocycles. The van der Waals surface area contributed by atoms with Gasteiger partial charge in [-0.2, -0.15) is 4.98 Å². The maximum absolute atomic E-state index is 12.7. The zero-order valence-corrected chi connectivity index (χ0v) is 14.0. The molecule has 3 rings (SSSR count). The lowest BCUT2D eigenvalue weighted by molar-refractivity contribution is 0.925. The summed E-state index contributed by atoms with van der Waals surface area (Å²) in [6.07, 6.45) is 3.30. The molecular formula is C14H10Cl2N4OS. The van der Waals surface area contributed by atoms with Crippen molar-refractivity contribution in [2.45, 2.75) is 12.1 Å². The summed E-state index contributed by atoms with van der Waals surface area (Å²) in [5.41, 5.74) is 1.38. The van der Waals surface area contributed by atoms with Crippen LogP contribution in [0.2, 0.25) is 10.3 Å². The lowest BCUT2D eigenvalue weighted by atomic mass is 10.2. The molecule has 2 aromatic heterocycles. The Morgan fingerprint density at radius 1 is 1.23 bits per heavy atom. The Bertz CT molecular complexity index is 942. The Kier molecular flexibility index (Phi) is 4.08. The first-order valence-electron chi connectivity index (χ1n) is 6.27. The summed E-state index contributed by atoms with van der Waals surface area (Å²) >= 11 is 13.8.